The van der Waals surface area contributed by atoms with Crippen LogP contribution in [0.3, 0.4) is 0 Å². The Labute approximate surface area is 399 Å². The van der Waals surface area contributed by atoms with E-state index in [0.717, 1.165) is 101 Å². The lowest BCUT2D eigenvalue weighted by Gasteiger charge is -2.22. The fourth-order valence-corrected chi connectivity index (χ4v) is 9.83. The molecule has 8 aromatic carbocycles. The van der Waals surface area contributed by atoms with E-state index in [-0.39, 0.29) is 16.7 Å². The van der Waals surface area contributed by atoms with E-state index in [1.807, 2.05) is 173 Å². The molecule has 0 spiro atoms. The third kappa shape index (κ3) is 7.13. The number of fused-ring (bicyclic) bond motifs is 6. The lowest BCUT2D eigenvalue weighted by Crippen LogP contribution is -2.08. The molecule has 6 nitrogen and oxygen atoms in total. The normalized spacial score (nSPS) is 11.6. The van der Waals surface area contributed by atoms with Gasteiger partial charge in [-0.2, -0.15) is 23.7 Å². The molecule has 70 heavy (non-hydrogen) atoms. The van der Waals surface area contributed by atoms with Crippen LogP contribution >= 0.6 is 0 Å². The van der Waals surface area contributed by atoms with Crippen molar-refractivity contribution in [2.45, 2.75) is 6.18 Å². The van der Waals surface area contributed by atoms with Crippen LogP contribution in [0.4, 0.5) is 13.2 Å². The predicted octanol–water partition coefficient (Wildman–Crippen LogP) is 15.8. The standard InChI is InChI=1S/C61H35F3N6/c62-61(63,64)47-28-38(34-65)27-46(31-47)60-58(69-54-17-9-7-15-48(54)50-23-19-42(32-56(50)69)44-21-25-52(67-36-44)40-11-3-1-4-12-40)29-39(35-66)30-59(60)70-55-18-10-8-16-49(55)51-24-20-43(33-57(51)70)45-22-26-53(68-37-45)41-13-5-2-6-14-41/h1-33,36-37H. The summed E-state index contributed by atoms with van der Waals surface area (Å²) in [5, 5.41) is 24.9. The zero-order chi connectivity index (χ0) is 47.5. The van der Waals surface area contributed by atoms with Gasteiger partial charge in [0.2, 0.25) is 0 Å². The largest absolute Gasteiger partial charge is 0.416 e. The molecule has 0 atom stereocenters. The molecule has 4 aromatic heterocycles. The molecule has 9 heteroatoms. The summed E-state index contributed by atoms with van der Waals surface area (Å²) in [5.74, 6) is 0. The molecule has 0 saturated carbocycles. The summed E-state index contributed by atoms with van der Waals surface area (Å²) < 4.78 is 49.0. The number of para-hydroxylation sites is 2. The lowest BCUT2D eigenvalue weighted by molar-refractivity contribution is -0.137. The quantitative estimate of drug-likeness (QED) is 0.159. The second-order valence-electron chi connectivity index (χ2n) is 17.2. The first kappa shape index (κ1) is 41.8. The smallest absolute Gasteiger partial charge is 0.308 e. The molecule has 0 N–H and O–H groups in total. The van der Waals surface area contributed by atoms with Crippen molar-refractivity contribution < 1.29 is 13.2 Å². The summed E-state index contributed by atoms with van der Waals surface area (Å²) in [6, 6.07) is 67.3. The molecular formula is C61H35F3N6. The number of nitriles is 2. The van der Waals surface area contributed by atoms with Gasteiger partial charge in [-0.1, -0.05) is 133 Å². The maximum absolute atomic E-state index is 15.0. The van der Waals surface area contributed by atoms with Gasteiger partial charge in [-0.05, 0) is 83.4 Å². The van der Waals surface area contributed by atoms with Crippen molar-refractivity contribution in [3.8, 4) is 79.4 Å². The van der Waals surface area contributed by atoms with E-state index >= 15 is 0 Å². The molecule has 0 bridgehead atoms. The van der Waals surface area contributed by atoms with Crippen LogP contribution in [0.1, 0.15) is 16.7 Å². The van der Waals surface area contributed by atoms with E-state index in [2.05, 4.69) is 30.3 Å². The molecule has 0 unspecified atom stereocenters. The van der Waals surface area contributed by atoms with Crippen molar-refractivity contribution in [1.82, 2.24) is 19.1 Å². The molecule has 0 amide bonds. The number of benzene rings is 8. The minimum absolute atomic E-state index is 0.155. The maximum Gasteiger partial charge on any atom is 0.416 e. The maximum atomic E-state index is 15.0. The first-order valence-electron chi connectivity index (χ1n) is 22.6. The van der Waals surface area contributed by atoms with Gasteiger partial charge in [0.05, 0.1) is 73.7 Å². The number of hydrogen-bond acceptors (Lipinski definition) is 4. The first-order chi connectivity index (χ1) is 34.2. The minimum Gasteiger partial charge on any atom is -0.308 e. The third-order valence-corrected chi connectivity index (χ3v) is 13.1. The second-order valence-corrected chi connectivity index (χ2v) is 17.2. The molecular weight excluding hydrogens is 874 g/mol. The zero-order valence-electron chi connectivity index (χ0n) is 37.0. The Kier molecular flexibility index (Phi) is 9.94. The summed E-state index contributed by atoms with van der Waals surface area (Å²) in [6.07, 6.45) is -1.09. The Morgan fingerprint density at radius 1 is 0.371 bits per heavy atom. The lowest BCUT2D eigenvalue weighted by atomic mass is 9.94. The predicted molar refractivity (Wildman–Crippen MR) is 272 cm³/mol. The highest BCUT2D eigenvalue weighted by Gasteiger charge is 2.33. The van der Waals surface area contributed by atoms with Gasteiger partial charge in [0.25, 0.3) is 0 Å². The van der Waals surface area contributed by atoms with Gasteiger partial charge >= 0.3 is 6.18 Å². The van der Waals surface area contributed by atoms with Crippen molar-refractivity contribution in [2.75, 3.05) is 0 Å². The molecule has 12 rings (SSSR count). The summed E-state index contributed by atoms with van der Waals surface area (Å²) in [4.78, 5) is 9.63. The van der Waals surface area contributed by atoms with E-state index in [1.54, 1.807) is 12.1 Å². The summed E-state index contributed by atoms with van der Waals surface area (Å²) in [5.41, 5.74) is 10.8. The van der Waals surface area contributed by atoms with Crippen molar-refractivity contribution in [3.05, 3.63) is 229 Å². The average molecular weight is 909 g/mol. The highest BCUT2D eigenvalue weighted by Crippen LogP contribution is 2.45. The van der Waals surface area contributed by atoms with Gasteiger partial charge < -0.3 is 9.13 Å². The Morgan fingerprint density at radius 2 is 0.800 bits per heavy atom. The highest BCUT2D eigenvalue weighted by atomic mass is 19.4. The Balaban J connectivity index is 1.16. The Bertz CT molecular complexity index is 3880. The highest BCUT2D eigenvalue weighted by molar-refractivity contribution is 6.13. The van der Waals surface area contributed by atoms with Gasteiger partial charge in [-0.25, -0.2) is 0 Å². The number of nitrogens with zero attached hydrogens (tertiary/aromatic N) is 6. The van der Waals surface area contributed by atoms with Crippen LogP contribution in [0, 0.1) is 22.7 Å². The van der Waals surface area contributed by atoms with Gasteiger partial charge in [-0.15, -0.1) is 0 Å². The number of hydrogen-bond donors (Lipinski definition) is 0. The summed E-state index contributed by atoms with van der Waals surface area (Å²) in [7, 11) is 0. The van der Waals surface area contributed by atoms with E-state index in [4.69, 9.17) is 9.97 Å². The van der Waals surface area contributed by atoms with E-state index in [0.29, 0.717) is 16.9 Å². The van der Waals surface area contributed by atoms with E-state index in [9.17, 15) is 23.7 Å². The Hall–Kier alpha value is -9.57. The van der Waals surface area contributed by atoms with Gasteiger partial charge in [-0.3, -0.25) is 9.97 Å². The molecule has 330 valence electrons. The number of aromatic nitrogens is 4. The van der Waals surface area contributed by atoms with Crippen molar-refractivity contribution >= 4 is 43.6 Å². The van der Waals surface area contributed by atoms with Crippen LogP contribution in [0.5, 0.6) is 0 Å². The SMILES string of the molecule is N#Cc1cc(-c2c(-n3c4ccccc4c4ccc(-c5ccc(-c6ccccc6)nc5)cc43)cc(C#N)cc2-n2c3ccccc3c3ccc(-c4ccc(-c5ccccc5)nc4)cc32)cc(C(F)(F)F)c1. The average Bonchev–Trinajstić information content (AvgIpc) is 3.93. The number of alkyl halides is 3. The fraction of sp³-hybridized carbons (Fsp3) is 0.0164. The second kappa shape index (κ2) is 16.6. The van der Waals surface area contributed by atoms with Gasteiger partial charge in [0.1, 0.15) is 0 Å². The van der Waals surface area contributed by atoms with Crippen LogP contribution in [-0.2, 0) is 6.18 Å². The third-order valence-electron chi connectivity index (χ3n) is 13.1. The number of pyridine rings is 2. The number of halogens is 3. The van der Waals surface area contributed by atoms with Crippen molar-refractivity contribution in [1.29, 1.82) is 10.5 Å². The van der Waals surface area contributed by atoms with Gasteiger partial charge in [0, 0.05) is 61.8 Å². The summed E-state index contributed by atoms with van der Waals surface area (Å²) in [6.45, 7) is 0. The molecule has 0 aliphatic carbocycles. The van der Waals surface area contributed by atoms with Crippen LogP contribution in [0.25, 0.3) is 111 Å². The topological polar surface area (TPSA) is 83.2 Å². The van der Waals surface area contributed by atoms with Gasteiger partial charge in [0.15, 0.2) is 0 Å². The summed E-state index contributed by atoms with van der Waals surface area (Å²) >= 11 is 0. The number of rotatable bonds is 7. The van der Waals surface area contributed by atoms with E-state index < -0.39 is 11.7 Å². The molecule has 0 radical (unpaired) electrons. The van der Waals surface area contributed by atoms with Crippen LogP contribution in [-0.4, -0.2) is 19.1 Å². The minimum atomic E-state index is -4.77. The van der Waals surface area contributed by atoms with E-state index in [1.165, 1.54) is 6.07 Å². The molecule has 0 aliphatic rings. The molecule has 0 fully saturated rings. The molecule has 0 saturated heterocycles. The zero-order valence-corrected chi connectivity index (χ0v) is 37.0. The molecule has 0 aliphatic heterocycles. The van der Waals surface area contributed by atoms with Crippen LogP contribution < -0.4 is 0 Å². The first-order valence-corrected chi connectivity index (χ1v) is 22.6. The molecule has 4 heterocycles. The fourth-order valence-electron chi connectivity index (χ4n) is 9.83. The van der Waals surface area contributed by atoms with Crippen molar-refractivity contribution in [3.63, 3.8) is 0 Å². The Morgan fingerprint density at radius 3 is 1.24 bits per heavy atom. The molecule has 12 aromatic rings. The van der Waals surface area contributed by atoms with Crippen LogP contribution in [0.15, 0.2) is 213 Å². The van der Waals surface area contributed by atoms with Crippen LogP contribution in [0.2, 0.25) is 0 Å². The monoisotopic (exact) mass is 908 g/mol. The van der Waals surface area contributed by atoms with Crippen molar-refractivity contribution in [2.24, 2.45) is 0 Å².